The summed E-state index contributed by atoms with van der Waals surface area (Å²) < 4.78 is 0. The fourth-order valence-corrected chi connectivity index (χ4v) is 3.26. The van der Waals surface area contributed by atoms with Gasteiger partial charge in [0.2, 0.25) is 0 Å². The van der Waals surface area contributed by atoms with Crippen LogP contribution in [-0.4, -0.2) is 29.6 Å². The second kappa shape index (κ2) is 7.58. The summed E-state index contributed by atoms with van der Waals surface area (Å²) in [6.07, 6.45) is 7.99. The average molecular weight is 307 g/mol. The first kappa shape index (κ1) is 16.0. The molecule has 2 nitrogen and oxygen atoms in total. The molecule has 1 saturated heterocycles. The third kappa shape index (κ3) is 3.90. The van der Waals surface area contributed by atoms with E-state index in [2.05, 4.69) is 11.0 Å². The van der Waals surface area contributed by atoms with Crippen molar-refractivity contribution in [2.75, 3.05) is 19.6 Å². The maximum absolute atomic E-state index is 11.4. The number of rotatable bonds is 5. The molecule has 0 aliphatic carbocycles. The van der Waals surface area contributed by atoms with Gasteiger partial charge in [0.25, 0.3) is 0 Å². The molecule has 0 radical (unpaired) electrons. The van der Waals surface area contributed by atoms with E-state index in [9.17, 15) is 5.11 Å². The van der Waals surface area contributed by atoms with Gasteiger partial charge < -0.3 is 5.11 Å². The van der Waals surface area contributed by atoms with E-state index in [1.54, 1.807) is 0 Å². The van der Waals surface area contributed by atoms with Gasteiger partial charge in [-0.25, -0.2) is 0 Å². The van der Waals surface area contributed by atoms with Crippen LogP contribution in [0.15, 0.2) is 72.8 Å². The second-order valence-electron chi connectivity index (χ2n) is 6.26. The standard InChI is InChI=1S/C21H25NO/c23-21(19-11-4-1-5-12-19,20-13-6-2-7-14-20)15-10-18-22-16-8-3-9-17-22/h1-2,4-7,10-15,23H,3,8-9,16-18H2. The molecule has 0 saturated carbocycles. The largest absolute Gasteiger partial charge is 0.377 e. The van der Waals surface area contributed by atoms with Gasteiger partial charge in [0.15, 0.2) is 0 Å². The van der Waals surface area contributed by atoms with E-state index in [4.69, 9.17) is 0 Å². The van der Waals surface area contributed by atoms with Gasteiger partial charge in [-0.15, -0.1) is 0 Å². The first-order valence-corrected chi connectivity index (χ1v) is 8.52. The molecule has 23 heavy (non-hydrogen) atoms. The van der Waals surface area contributed by atoms with E-state index in [0.29, 0.717) is 0 Å². The lowest BCUT2D eigenvalue weighted by molar-refractivity contribution is 0.133. The van der Waals surface area contributed by atoms with Gasteiger partial charge in [0.1, 0.15) is 5.60 Å². The lowest BCUT2D eigenvalue weighted by atomic mass is 9.86. The minimum Gasteiger partial charge on any atom is -0.377 e. The van der Waals surface area contributed by atoms with E-state index in [-0.39, 0.29) is 0 Å². The molecular formula is C21H25NO. The molecule has 0 unspecified atom stereocenters. The minimum absolute atomic E-state index is 0.904. The Labute approximate surface area is 139 Å². The van der Waals surface area contributed by atoms with Gasteiger partial charge in [-0.3, -0.25) is 4.90 Å². The van der Waals surface area contributed by atoms with E-state index < -0.39 is 5.60 Å². The van der Waals surface area contributed by atoms with Crippen molar-refractivity contribution in [2.24, 2.45) is 0 Å². The van der Waals surface area contributed by atoms with Crippen molar-refractivity contribution in [2.45, 2.75) is 24.9 Å². The van der Waals surface area contributed by atoms with E-state index >= 15 is 0 Å². The lowest BCUT2D eigenvalue weighted by Gasteiger charge is -2.28. The van der Waals surface area contributed by atoms with Crippen molar-refractivity contribution in [3.63, 3.8) is 0 Å². The van der Waals surface area contributed by atoms with Gasteiger partial charge in [-0.1, -0.05) is 73.2 Å². The molecule has 3 rings (SSSR count). The zero-order chi connectivity index (χ0) is 16.0. The van der Waals surface area contributed by atoms with Gasteiger partial charge in [0.05, 0.1) is 0 Å². The summed E-state index contributed by atoms with van der Waals surface area (Å²) >= 11 is 0. The zero-order valence-electron chi connectivity index (χ0n) is 13.6. The van der Waals surface area contributed by atoms with Crippen molar-refractivity contribution in [3.05, 3.63) is 83.9 Å². The summed E-state index contributed by atoms with van der Waals surface area (Å²) in [6, 6.07) is 19.8. The molecule has 120 valence electrons. The van der Waals surface area contributed by atoms with Crippen molar-refractivity contribution in [1.82, 2.24) is 4.90 Å². The number of likely N-dealkylation sites (tertiary alicyclic amines) is 1. The Kier molecular flexibility index (Phi) is 5.27. The van der Waals surface area contributed by atoms with Crippen molar-refractivity contribution >= 4 is 0 Å². The molecule has 2 aromatic rings. The van der Waals surface area contributed by atoms with Crippen molar-refractivity contribution in [3.8, 4) is 0 Å². The molecule has 0 amide bonds. The van der Waals surface area contributed by atoms with E-state index in [0.717, 1.165) is 17.7 Å². The van der Waals surface area contributed by atoms with Crippen LogP contribution in [0.1, 0.15) is 30.4 Å². The number of hydrogen-bond acceptors (Lipinski definition) is 2. The Morgan fingerprint density at radius 2 is 1.35 bits per heavy atom. The molecule has 1 aliphatic heterocycles. The summed E-state index contributed by atoms with van der Waals surface area (Å²) in [7, 11) is 0. The van der Waals surface area contributed by atoms with Crippen LogP contribution in [0, 0.1) is 0 Å². The normalized spacial score (nSPS) is 16.7. The second-order valence-corrected chi connectivity index (χ2v) is 6.26. The van der Waals surface area contributed by atoms with Crippen LogP contribution in [0.4, 0.5) is 0 Å². The van der Waals surface area contributed by atoms with Crippen LogP contribution in [0.25, 0.3) is 0 Å². The Balaban J connectivity index is 1.83. The third-order valence-corrected chi connectivity index (χ3v) is 4.60. The molecule has 1 fully saturated rings. The molecule has 1 N–H and O–H groups in total. The molecule has 2 heteroatoms. The van der Waals surface area contributed by atoms with Gasteiger partial charge in [-0.05, 0) is 43.1 Å². The summed E-state index contributed by atoms with van der Waals surface area (Å²) in [6.45, 7) is 3.24. The predicted octanol–water partition coefficient (Wildman–Crippen LogP) is 3.96. The van der Waals surface area contributed by atoms with E-state index in [1.807, 2.05) is 66.7 Å². The van der Waals surface area contributed by atoms with Crippen LogP contribution in [-0.2, 0) is 5.60 Å². The molecule has 0 aromatic heterocycles. The SMILES string of the molecule is OC(C=CCN1CCCCC1)(c1ccccc1)c1ccccc1. The smallest absolute Gasteiger partial charge is 0.133 e. The molecule has 0 spiro atoms. The third-order valence-electron chi connectivity index (χ3n) is 4.60. The fourth-order valence-electron chi connectivity index (χ4n) is 3.26. The summed E-state index contributed by atoms with van der Waals surface area (Å²) in [5.74, 6) is 0. The predicted molar refractivity (Wildman–Crippen MR) is 95.3 cm³/mol. The first-order chi connectivity index (χ1) is 11.3. The van der Waals surface area contributed by atoms with Gasteiger partial charge >= 0.3 is 0 Å². The Bertz CT molecular complexity index is 575. The molecular weight excluding hydrogens is 282 g/mol. The van der Waals surface area contributed by atoms with Crippen molar-refractivity contribution < 1.29 is 5.11 Å². The molecule has 0 bridgehead atoms. The highest BCUT2D eigenvalue weighted by molar-refractivity contribution is 5.40. The van der Waals surface area contributed by atoms with Crippen LogP contribution in [0.5, 0.6) is 0 Å². The highest BCUT2D eigenvalue weighted by Crippen LogP contribution is 2.31. The number of benzene rings is 2. The topological polar surface area (TPSA) is 23.5 Å². The van der Waals surface area contributed by atoms with Crippen LogP contribution in [0.3, 0.4) is 0 Å². The number of nitrogens with zero attached hydrogens (tertiary/aromatic N) is 1. The molecule has 1 aliphatic rings. The Morgan fingerprint density at radius 3 is 1.87 bits per heavy atom. The minimum atomic E-state index is -1.07. The molecule has 1 heterocycles. The van der Waals surface area contributed by atoms with Gasteiger partial charge in [0, 0.05) is 6.54 Å². The highest BCUT2D eigenvalue weighted by atomic mass is 16.3. The maximum atomic E-state index is 11.4. The lowest BCUT2D eigenvalue weighted by Crippen LogP contribution is -2.30. The maximum Gasteiger partial charge on any atom is 0.133 e. The average Bonchev–Trinajstić information content (AvgIpc) is 2.64. The fraction of sp³-hybridized carbons (Fsp3) is 0.333. The summed E-state index contributed by atoms with van der Waals surface area (Å²) in [4.78, 5) is 2.45. The zero-order valence-corrected chi connectivity index (χ0v) is 13.6. The van der Waals surface area contributed by atoms with Crippen LogP contribution >= 0.6 is 0 Å². The first-order valence-electron chi connectivity index (χ1n) is 8.52. The van der Waals surface area contributed by atoms with E-state index in [1.165, 1.54) is 32.4 Å². The highest BCUT2D eigenvalue weighted by Gasteiger charge is 2.28. The van der Waals surface area contributed by atoms with Crippen LogP contribution in [0.2, 0.25) is 0 Å². The summed E-state index contributed by atoms with van der Waals surface area (Å²) in [5, 5.41) is 11.4. The van der Waals surface area contributed by atoms with Gasteiger partial charge in [-0.2, -0.15) is 0 Å². The quantitative estimate of drug-likeness (QED) is 0.845. The number of hydrogen-bond donors (Lipinski definition) is 1. The molecule has 2 aromatic carbocycles. The summed E-state index contributed by atoms with van der Waals surface area (Å²) in [5.41, 5.74) is 0.736. The van der Waals surface area contributed by atoms with Crippen molar-refractivity contribution in [1.29, 1.82) is 0 Å². The Morgan fingerprint density at radius 1 is 0.826 bits per heavy atom. The monoisotopic (exact) mass is 307 g/mol. The number of aliphatic hydroxyl groups is 1. The Hall–Kier alpha value is -1.90. The number of piperidine rings is 1. The molecule has 0 atom stereocenters. The van der Waals surface area contributed by atoms with Crippen LogP contribution < -0.4 is 0 Å².